The van der Waals surface area contributed by atoms with Crippen LogP contribution in [0.2, 0.25) is 0 Å². The molecule has 1 aliphatic rings. The van der Waals surface area contributed by atoms with Crippen LogP contribution in [0.15, 0.2) is 18.2 Å². The summed E-state index contributed by atoms with van der Waals surface area (Å²) in [5.74, 6) is 3.67. The zero-order chi connectivity index (χ0) is 13.8. The molecule has 2 rings (SSSR count). The lowest BCUT2D eigenvalue weighted by molar-refractivity contribution is -0.142. The van der Waals surface area contributed by atoms with Gasteiger partial charge in [0.15, 0.2) is 11.5 Å². The summed E-state index contributed by atoms with van der Waals surface area (Å²) < 4.78 is 15.4. The number of carbonyl (C=O) groups is 1. The third-order valence-corrected chi connectivity index (χ3v) is 3.22. The van der Waals surface area contributed by atoms with Crippen LogP contribution in [0, 0.1) is 18.3 Å². The number of hydrogen-bond acceptors (Lipinski definition) is 4. The predicted octanol–water partition coefficient (Wildman–Crippen LogP) is 1.98. The zero-order valence-electron chi connectivity index (χ0n) is 11.0. The number of rotatable bonds is 5. The van der Waals surface area contributed by atoms with E-state index in [9.17, 15) is 4.79 Å². The van der Waals surface area contributed by atoms with Gasteiger partial charge in [-0.2, -0.15) is 0 Å². The normalized spacial score (nSPS) is 20.3. The number of esters is 1. The largest absolute Gasteiger partial charge is 0.493 e. The minimum absolute atomic E-state index is 0.0350. The highest BCUT2D eigenvalue weighted by Crippen LogP contribution is 2.49. The molecule has 2 unspecified atom stereocenters. The van der Waals surface area contributed by atoms with E-state index in [4.69, 9.17) is 20.6 Å². The lowest BCUT2D eigenvalue weighted by atomic mass is 10.1. The highest BCUT2D eigenvalue weighted by atomic mass is 16.5. The van der Waals surface area contributed by atoms with Crippen molar-refractivity contribution in [2.24, 2.45) is 5.92 Å². The van der Waals surface area contributed by atoms with Crippen LogP contribution in [-0.2, 0) is 9.53 Å². The third kappa shape index (κ3) is 2.82. The maximum atomic E-state index is 11.4. The Hall–Kier alpha value is -2.15. The van der Waals surface area contributed by atoms with Gasteiger partial charge < -0.3 is 14.2 Å². The molecule has 19 heavy (non-hydrogen) atoms. The van der Waals surface area contributed by atoms with E-state index >= 15 is 0 Å². The summed E-state index contributed by atoms with van der Waals surface area (Å²) in [5.41, 5.74) is 1.06. The molecule has 1 fully saturated rings. The van der Waals surface area contributed by atoms with Crippen molar-refractivity contribution in [1.29, 1.82) is 0 Å². The van der Waals surface area contributed by atoms with Gasteiger partial charge in [0.2, 0.25) is 0 Å². The minimum atomic E-state index is -0.156. The Labute approximate surface area is 112 Å². The molecular formula is C15H16O4. The fourth-order valence-corrected chi connectivity index (χ4v) is 2.13. The summed E-state index contributed by atoms with van der Waals surface area (Å²) in [5, 5.41) is 0. The van der Waals surface area contributed by atoms with Crippen molar-refractivity contribution in [3.63, 3.8) is 0 Å². The minimum Gasteiger partial charge on any atom is -0.493 e. The Balaban J connectivity index is 2.12. The number of benzene rings is 1. The van der Waals surface area contributed by atoms with Crippen LogP contribution >= 0.6 is 0 Å². The van der Waals surface area contributed by atoms with Gasteiger partial charge in [-0.05, 0) is 30.0 Å². The van der Waals surface area contributed by atoms with E-state index in [-0.39, 0.29) is 24.4 Å². The van der Waals surface area contributed by atoms with Crippen molar-refractivity contribution >= 4 is 5.97 Å². The first kappa shape index (κ1) is 13.3. The van der Waals surface area contributed by atoms with Crippen molar-refractivity contribution in [3.8, 4) is 23.8 Å². The Kier molecular flexibility index (Phi) is 3.96. The van der Waals surface area contributed by atoms with E-state index in [1.807, 2.05) is 18.2 Å². The van der Waals surface area contributed by atoms with Crippen LogP contribution in [0.1, 0.15) is 17.9 Å². The summed E-state index contributed by atoms with van der Waals surface area (Å²) in [6.45, 7) is 0.198. The average Bonchev–Trinajstić information content (AvgIpc) is 3.24. The molecule has 1 saturated carbocycles. The van der Waals surface area contributed by atoms with Gasteiger partial charge >= 0.3 is 5.97 Å². The second-order valence-electron chi connectivity index (χ2n) is 4.37. The Bertz CT molecular complexity index is 515. The van der Waals surface area contributed by atoms with Gasteiger partial charge in [0.1, 0.15) is 6.61 Å². The SMILES string of the molecule is C#CCOc1ccc(C2CC2C(=O)OC)cc1OC. The molecule has 1 aliphatic carbocycles. The molecule has 0 N–H and O–H groups in total. The number of carbonyl (C=O) groups excluding carboxylic acids is 1. The molecule has 0 aromatic heterocycles. The molecule has 100 valence electrons. The van der Waals surface area contributed by atoms with Gasteiger partial charge in [-0.25, -0.2) is 0 Å². The van der Waals surface area contributed by atoms with Crippen molar-refractivity contribution < 1.29 is 19.0 Å². The molecular weight excluding hydrogens is 244 g/mol. The first-order chi connectivity index (χ1) is 9.21. The van der Waals surface area contributed by atoms with E-state index in [1.165, 1.54) is 7.11 Å². The Morgan fingerprint density at radius 2 is 2.21 bits per heavy atom. The molecule has 0 heterocycles. The summed E-state index contributed by atoms with van der Waals surface area (Å²) in [6, 6.07) is 5.64. The van der Waals surface area contributed by atoms with Gasteiger partial charge in [0.25, 0.3) is 0 Å². The summed E-state index contributed by atoms with van der Waals surface area (Å²) in [6.07, 6.45) is 5.98. The fraction of sp³-hybridized carbons (Fsp3) is 0.400. The first-order valence-electron chi connectivity index (χ1n) is 6.03. The average molecular weight is 260 g/mol. The molecule has 0 spiro atoms. The molecule has 0 radical (unpaired) electrons. The lowest BCUT2D eigenvalue weighted by Crippen LogP contribution is -2.04. The van der Waals surface area contributed by atoms with E-state index in [0.717, 1.165) is 12.0 Å². The van der Waals surface area contributed by atoms with Crippen molar-refractivity contribution in [3.05, 3.63) is 23.8 Å². The van der Waals surface area contributed by atoms with Gasteiger partial charge in [0.05, 0.1) is 20.1 Å². The highest BCUT2D eigenvalue weighted by molar-refractivity contribution is 5.77. The smallest absolute Gasteiger partial charge is 0.309 e. The van der Waals surface area contributed by atoms with Gasteiger partial charge in [-0.3, -0.25) is 4.79 Å². The summed E-state index contributed by atoms with van der Waals surface area (Å²) in [4.78, 5) is 11.4. The number of hydrogen-bond donors (Lipinski definition) is 0. The number of ether oxygens (including phenoxy) is 3. The highest BCUT2D eigenvalue weighted by Gasteiger charge is 2.45. The van der Waals surface area contributed by atoms with Gasteiger partial charge in [-0.1, -0.05) is 12.0 Å². The molecule has 0 saturated heterocycles. The molecule has 0 bridgehead atoms. The van der Waals surface area contributed by atoms with Crippen LogP contribution in [0.5, 0.6) is 11.5 Å². The number of methoxy groups -OCH3 is 2. The van der Waals surface area contributed by atoms with Gasteiger partial charge in [-0.15, -0.1) is 6.42 Å². The Morgan fingerprint density at radius 1 is 1.42 bits per heavy atom. The summed E-state index contributed by atoms with van der Waals surface area (Å²) >= 11 is 0. The first-order valence-corrected chi connectivity index (χ1v) is 6.03. The molecule has 0 amide bonds. The van der Waals surface area contributed by atoms with Crippen LogP contribution in [-0.4, -0.2) is 26.8 Å². The van der Waals surface area contributed by atoms with Crippen molar-refractivity contribution in [2.45, 2.75) is 12.3 Å². The maximum absolute atomic E-state index is 11.4. The maximum Gasteiger partial charge on any atom is 0.309 e. The molecule has 4 nitrogen and oxygen atoms in total. The molecule has 2 atom stereocenters. The summed E-state index contributed by atoms with van der Waals surface area (Å²) in [7, 11) is 2.99. The van der Waals surface area contributed by atoms with Crippen molar-refractivity contribution in [2.75, 3.05) is 20.8 Å². The van der Waals surface area contributed by atoms with Crippen LogP contribution < -0.4 is 9.47 Å². The second-order valence-corrected chi connectivity index (χ2v) is 4.37. The van der Waals surface area contributed by atoms with Crippen LogP contribution in [0.3, 0.4) is 0 Å². The van der Waals surface area contributed by atoms with E-state index in [2.05, 4.69) is 5.92 Å². The fourth-order valence-electron chi connectivity index (χ4n) is 2.13. The van der Waals surface area contributed by atoms with E-state index < -0.39 is 0 Å². The second kappa shape index (κ2) is 5.66. The predicted molar refractivity (Wildman–Crippen MR) is 70.2 cm³/mol. The molecule has 0 aliphatic heterocycles. The van der Waals surface area contributed by atoms with Crippen LogP contribution in [0.25, 0.3) is 0 Å². The standard InChI is InChI=1S/C15H16O4/c1-4-7-19-13-6-5-10(8-14(13)17-2)11-9-12(11)15(16)18-3/h1,5-6,8,11-12H,7,9H2,2-3H3. The van der Waals surface area contributed by atoms with E-state index in [0.29, 0.717) is 11.5 Å². The van der Waals surface area contributed by atoms with E-state index in [1.54, 1.807) is 7.11 Å². The third-order valence-electron chi connectivity index (χ3n) is 3.22. The molecule has 1 aromatic rings. The quantitative estimate of drug-likeness (QED) is 0.600. The topological polar surface area (TPSA) is 44.8 Å². The lowest BCUT2D eigenvalue weighted by Gasteiger charge is -2.10. The number of terminal acetylenes is 1. The van der Waals surface area contributed by atoms with Crippen LogP contribution in [0.4, 0.5) is 0 Å². The molecule has 1 aromatic carbocycles. The monoisotopic (exact) mass is 260 g/mol. The van der Waals surface area contributed by atoms with Gasteiger partial charge in [0, 0.05) is 0 Å². The van der Waals surface area contributed by atoms with Crippen molar-refractivity contribution in [1.82, 2.24) is 0 Å². The Morgan fingerprint density at radius 3 is 2.84 bits per heavy atom. The zero-order valence-corrected chi connectivity index (χ0v) is 11.0. The molecule has 4 heteroatoms.